The number of H-pyrrole nitrogens is 1. The van der Waals surface area contributed by atoms with Gasteiger partial charge in [-0.3, -0.25) is 5.10 Å². The average Bonchev–Trinajstić information content (AvgIpc) is 2.70. The van der Waals surface area contributed by atoms with E-state index in [4.69, 9.17) is 5.26 Å². The number of hydrogen-bond acceptors (Lipinski definition) is 2. The number of nitriles is 1. The van der Waals surface area contributed by atoms with E-state index >= 15 is 0 Å². The maximum Gasteiger partial charge on any atom is 0.0994 e. The van der Waals surface area contributed by atoms with E-state index < -0.39 is 0 Å². The number of rotatable bonds is 1. The van der Waals surface area contributed by atoms with Crippen LogP contribution in [0.15, 0.2) is 30.5 Å². The fraction of sp³-hybridized carbons (Fsp3) is 0.0909. The molecule has 1 heterocycles. The summed E-state index contributed by atoms with van der Waals surface area (Å²) in [5.41, 5.74) is 3.62. The van der Waals surface area contributed by atoms with E-state index in [0.717, 1.165) is 16.8 Å². The summed E-state index contributed by atoms with van der Waals surface area (Å²) >= 11 is 0. The summed E-state index contributed by atoms with van der Waals surface area (Å²) in [6, 6.07) is 9.73. The molecule has 0 amide bonds. The lowest BCUT2D eigenvalue weighted by atomic mass is 10.0. The van der Waals surface area contributed by atoms with Crippen molar-refractivity contribution in [2.75, 3.05) is 0 Å². The zero-order valence-electron chi connectivity index (χ0n) is 7.78. The number of nitrogens with one attached hydrogen (secondary N) is 1. The number of aryl methyl sites for hydroxylation is 1. The molecule has 1 aromatic carbocycles. The normalized spacial score (nSPS) is 9.71. The first-order valence-electron chi connectivity index (χ1n) is 4.32. The Kier molecular flexibility index (Phi) is 2.04. The SMILES string of the molecule is Cc1cc(-c2cc[nH]n2)ccc1C#N. The van der Waals surface area contributed by atoms with Crippen LogP contribution in [0.5, 0.6) is 0 Å². The van der Waals surface area contributed by atoms with Gasteiger partial charge in [-0.1, -0.05) is 6.07 Å². The van der Waals surface area contributed by atoms with E-state index in [9.17, 15) is 0 Å². The van der Waals surface area contributed by atoms with E-state index in [0.29, 0.717) is 5.56 Å². The van der Waals surface area contributed by atoms with Crippen LogP contribution in [0.2, 0.25) is 0 Å². The van der Waals surface area contributed by atoms with Gasteiger partial charge in [0.05, 0.1) is 17.3 Å². The third-order valence-corrected chi connectivity index (χ3v) is 2.14. The zero-order chi connectivity index (χ0) is 9.97. The van der Waals surface area contributed by atoms with Crippen molar-refractivity contribution < 1.29 is 0 Å². The summed E-state index contributed by atoms with van der Waals surface area (Å²) in [7, 11) is 0. The number of aromatic amines is 1. The third kappa shape index (κ3) is 1.38. The van der Waals surface area contributed by atoms with Crippen molar-refractivity contribution in [3.8, 4) is 17.3 Å². The summed E-state index contributed by atoms with van der Waals surface area (Å²) in [5.74, 6) is 0. The van der Waals surface area contributed by atoms with Gasteiger partial charge in [0.25, 0.3) is 0 Å². The second kappa shape index (κ2) is 3.35. The molecule has 0 saturated heterocycles. The summed E-state index contributed by atoms with van der Waals surface area (Å²) in [6.45, 7) is 1.93. The first kappa shape index (κ1) is 8.52. The van der Waals surface area contributed by atoms with Gasteiger partial charge in [-0.15, -0.1) is 0 Å². The highest BCUT2D eigenvalue weighted by molar-refractivity contribution is 5.61. The van der Waals surface area contributed by atoms with E-state index in [1.54, 1.807) is 6.20 Å². The molecule has 0 atom stereocenters. The van der Waals surface area contributed by atoms with Crippen LogP contribution in [0.25, 0.3) is 11.3 Å². The largest absolute Gasteiger partial charge is 0.285 e. The quantitative estimate of drug-likeness (QED) is 0.737. The van der Waals surface area contributed by atoms with Crippen LogP contribution < -0.4 is 0 Å². The van der Waals surface area contributed by atoms with Gasteiger partial charge >= 0.3 is 0 Å². The van der Waals surface area contributed by atoms with Gasteiger partial charge in [-0.2, -0.15) is 10.4 Å². The molecule has 0 spiro atoms. The Labute approximate surface area is 82.0 Å². The Morgan fingerprint density at radius 1 is 1.36 bits per heavy atom. The van der Waals surface area contributed by atoms with Crippen LogP contribution in [-0.4, -0.2) is 10.2 Å². The minimum atomic E-state index is 0.712. The predicted octanol–water partition coefficient (Wildman–Crippen LogP) is 2.26. The molecular formula is C11H9N3. The van der Waals surface area contributed by atoms with Crippen LogP contribution in [0.1, 0.15) is 11.1 Å². The molecule has 2 rings (SSSR count). The molecule has 0 aliphatic carbocycles. The maximum absolute atomic E-state index is 8.77. The molecule has 0 saturated carbocycles. The van der Waals surface area contributed by atoms with Crippen LogP contribution in [0.4, 0.5) is 0 Å². The molecule has 0 bridgehead atoms. The molecule has 68 valence electrons. The van der Waals surface area contributed by atoms with Crippen molar-refractivity contribution in [3.63, 3.8) is 0 Å². The highest BCUT2D eigenvalue weighted by atomic mass is 15.1. The summed E-state index contributed by atoms with van der Waals surface area (Å²) in [5, 5.41) is 15.6. The Morgan fingerprint density at radius 3 is 2.79 bits per heavy atom. The van der Waals surface area contributed by atoms with Crippen molar-refractivity contribution in [3.05, 3.63) is 41.6 Å². The monoisotopic (exact) mass is 183 g/mol. The molecule has 0 radical (unpaired) electrons. The number of aromatic nitrogens is 2. The molecule has 2 aromatic rings. The van der Waals surface area contributed by atoms with Crippen molar-refractivity contribution in [1.29, 1.82) is 5.26 Å². The second-order valence-corrected chi connectivity index (χ2v) is 3.10. The minimum Gasteiger partial charge on any atom is -0.285 e. The molecule has 3 heteroatoms. The Hall–Kier alpha value is -2.08. The van der Waals surface area contributed by atoms with Crippen molar-refractivity contribution in [1.82, 2.24) is 10.2 Å². The molecule has 0 aliphatic rings. The summed E-state index contributed by atoms with van der Waals surface area (Å²) < 4.78 is 0. The fourth-order valence-electron chi connectivity index (χ4n) is 1.37. The Morgan fingerprint density at radius 2 is 2.21 bits per heavy atom. The van der Waals surface area contributed by atoms with E-state index in [1.165, 1.54) is 0 Å². The van der Waals surface area contributed by atoms with Gasteiger partial charge in [0.15, 0.2) is 0 Å². The van der Waals surface area contributed by atoms with Crippen molar-refractivity contribution in [2.45, 2.75) is 6.92 Å². The van der Waals surface area contributed by atoms with Gasteiger partial charge < -0.3 is 0 Å². The van der Waals surface area contributed by atoms with E-state index in [1.807, 2.05) is 31.2 Å². The molecule has 0 aliphatic heterocycles. The van der Waals surface area contributed by atoms with E-state index in [-0.39, 0.29) is 0 Å². The van der Waals surface area contributed by atoms with Gasteiger partial charge in [-0.05, 0) is 30.7 Å². The lowest BCUT2D eigenvalue weighted by Gasteiger charge is -2.00. The van der Waals surface area contributed by atoms with E-state index in [2.05, 4.69) is 16.3 Å². The molecular weight excluding hydrogens is 174 g/mol. The predicted molar refractivity (Wildman–Crippen MR) is 53.5 cm³/mol. The van der Waals surface area contributed by atoms with Crippen LogP contribution in [0.3, 0.4) is 0 Å². The second-order valence-electron chi connectivity index (χ2n) is 3.10. The van der Waals surface area contributed by atoms with Gasteiger partial charge in [0.1, 0.15) is 0 Å². The molecule has 1 aromatic heterocycles. The topological polar surface area (TPSA) is 52.5 Å². The average molecular weight is 183 g/mol. The molecule has 14 heavy (non-hydrogen) atoms. The third-order valence-electron chi connectivity index (χ3n) is 2.14. The minimum absolute atomic E-state index is 0.712. The molecule has 1 N–H and O–H groups in total. The van der Waals surface area contributed by atoms with Crippen LogP contribution in [0, 0.1) is 18.3 Å². The summed E-state index contributed by atoms with van der Waals surface area (Å²) in [4.78, 5) is 0. The summed E-state index contributed by atoms with van der Waals surface area (Å²) in [6.07, 6.45) is 1.78. The number of hydrogen-bond donors (Lipinski definition) is 1. The first-order chi connectivity index (χ1) is 6.81. The lowest BCUT2D eigenvalue weighted by Crippen LogP contribution is -1.84. The van der Waals surface area contributed by atoms with Crippen molar-refractivity contribution >= 4 is 0 Å². The Balaban J connectivity index is 2.49. The highest BCUT2D eigenvalue weighted by Gasteiger charge is 2.02. The lowest BCUT2D eigenvalue weighted by molar-refractivity contribution is 1.09. The zero-order valence-corrected chi connectivity index (χ0v) is 7.78. The van der Waals surface area contributed by atoms with Crippen LogP contribution >= 0.6 is 0 Å². The van der Waals surface area contributed by atoms with Gasteiger partial charge in [-0.25, -0.2) is 0 Å². The standard InChI is InChI=1S/C11H9N3/c1-8-6-9(2-3-10(8)7-12)11-4-5-13-14-11/h2-6H,1H3,(H,13,14). The highest BCUT2D eigenvalue weighted by Crippen LogP contribution is 2.19. The fourth-order valence-corrected chi connectivity index (χ4v) is 1.37. The molecule has 0 unspecified atom stereocenters. The van der Waals surface area contributed by atoms with Crippen molar-refractivity contribution in [2.24, 2.45) is 0 Å². The van der Waals surface area contributed by atoms with Gasteiger partial charge in [0, 0.05) is 11.8 Å². The number of nitrogens with zero attached hydrogens (tertiary/aromatic N) is 2. The van der Waals surface area contributed by atoms with Gasteiger partial charge in [0.2, 0.25) is 0 Å². The molecule has 3 nitrogen and oxygen atoms in total. The smallest absolute Gasteiger partial charge is 0.0994 e. The first-order valence-corrected chi connectivity index (χ1v) is 4.32. The number of benzene rings is 1. The maximum atomic E-state index is 8.77. The van der Waals surface area contributed by atoms with Crippen LogP contribution in [-0.2, 0) is 0 Å². The Bertz CT molecular complexity index is 478. The molecule has 0 fully saturated rings.